The smallest absolute Gasteiger partial charge is 0.226 e. The summed E-state index contributed by atoms with van der Waals surface area (Å²) in [7, 11) is 0. The van der Waals surface area contributed by atoms with Crippen molar-refractivity contribution in [1.29, 1.82) is 0 Å². The number of rotatable bonds is 18. The second-order valence-electron chi connectivity index (χ2n) is 9.44. The van der Waals surface area contributed by atoms with Crippen LogP contribution in [0, 0.1) is 5.92 Å². The SMILES string of the molecule is CCCCCCCCCCCCCCCCNC(=S)NC(=O)CCC1CCCCC1. The molecule has 1 aliphatic rings. The van der Waals surface area contributed by atoms with Crippen molar-refractivity contribution in [2.45, 2.75) is 142 Å². The Labute approximate surface area is 192 Å². The Balaban J connectivity index is 1.79. The molecule has 4 heteroatoms. The summed E-state index contributed by atoms with van der Waals surface area (Å²) < 4.78 is 0. The maximum Gasteiger partial charge on any atom is 0.226 e. The van der Waals surface area contributed by atoms with E-state index in [0.717, 1.165) is 25.3 Å². The van der Waals surface area contributed by atoms with Crippen LogP contribution in [-0.4, -0.2) is 17.6 Å². The molecule has 0 saturated heterocycles. The molecule has 1 rings (SSSR count). The monoisotopic (exact) mass is 438 g/mol. The van der Waals surface area contributed by atoms with Crippen LogP contribution in [0.15, 0.2) is 0 Å². The van der Waals surface area contributed by atoms with Crippen molar-refractivity contribution in [3.63, 3.8) is 0 Å². The van der Waals surface area contributed by atoms with Crippen LogP contribution in [-0.2, 0) is 4.79 Å². The molecule has 0 heterocycles. The normalized spacial score (nSPS) is 14.6. The molecule has 0 aliphatic heterocycles. The Morgan fingerprint density at radius 2 is 1.27 bits per heavy atom. The van der Waals surface area contributed by atoms with Crippen molar-refractivity contribution in [1.82, 2.24) is 10.6 Å². The zero-order chi connectivity index (χ0) is 21.7. The number of amides is 1. The molecule has 0 atom stereocenters. The van der Waals surface area contributed by atoms with Gasteiger partial charge in [0.2, 0.25) is 5.91 Å². The van der Waals surface area contributed by atoms with Crippen LogP contribution in [0.5, 0.6) is 0 Å². The summed E-state index contributed by atoms with van der Waals surface area (Å²) in [4.78, 5) is 12.0. The van der Waals surface area contributed by atoms with Gasteiger partial charge in [-0.25, -0.2) is 0 Å². The maximum absolute atomic E-state index is 12.0. The van der Waals surface area contributed by atoms with Gasteiger partial charge in [-0.3, -0.25) is 4.79 Å². The van der Waals surface area contributed by atoms with E-state index in [1.54, 1.807) is 0 Å². The minimum Gasteiger partial charge on any atom is -0.362 e. The Morgan fingerprint density at radius 1 is 0.767 bits per heavy atom. The highest BCUT2D eigenvalue weighted by Crippen LogP contribution is 2.27. The number of nitrogens with one attached hydrogen (secondary N) is 2. The van der Waals surface area contributed by atoms with E-state index in [2.05, 4.69) is 17.6 Å². The van der Waals surface area contributed by atoms with E-state index >= 15 is 0 Å². The largest absolute Gasteiger partial charge is 0.362 e. The molecule has 1 fully saturated rings. The number of carbonyl (C=O) groups is 1. The summed E-state index contributed by atoms with van der Waals surface area (Å²) in [6.45, 7) is 3.16. The third-order valence-electron chi connectivity index (χ3n) is 6.57. The van der Waals surface area contributed by atoms with Gasteiger partial charge in [-0.1, -0.05) is 122 Å². The Hall–Kier alpha value is -0.640. The average molecular weight is 439 g/mol. The van der Waals surface area contributed by atoms with Gasteiger partial charge in [0.05, 0.1) is 0 Å². The van der Waals surface area contributed by atoms with E-state index in [4.69, 9.17) is 12.2 Å². The Kier molecular flexibility index (Phi) is 18.5. The molecule has 176 valence electrons. The fraction of sp³-hybridized carbons (Fsp3) is 0.923. The average Bonchev–Trinajstić information content (AvgIpc) is 2.75. The Morgan fingerprint density at radius 3 is 1.80 bits per heavy atom. The first-order valence-electron chi connectivity index (χ1n) is 13.3. The van der Waals surface area contributed by atoms with E-state index in [0.29, 0.717) is 11.5 Å². The van der Waals surface area contributed by atoms with Gasteiger partial charge >= 0.3 is 0 Å². The molecule has 0 radical (unpaired) electrons. The summed E-state index contributed by atoms with van der Waals surface area (Å²) in [5.41, 5.74) is 0. The summed E-state index contributed by atoms with van der Waals surface area (Å²) in [6, 6.07) is 0. The van der Waals surface area contributed by atoms with Crippen molar-refractivity contribution in [2.75, 3.05) is 6.54 Å². The second kappa shape index (κ2) is 20.3. The van der Waals surface area contributed by atoms with E-state index in [-0.39, 0.29) is 5.91 Å². The topological polar surface area (TPSA) is 41.1 Å². The third kappa shape index (κ3) is 17.1. The van der Waals surface area contributed by atoms with Gasteiger partial charge in [-0.2, -0.15) is 0 Å². The molecule has 0 aromatic heterocycles. The highest BCUT2D eigenvalue weighted by molar-refractivity contribution is 7.80. The van der Waals surface area contributed by atoms with Gasteiger partial charge in [-0.05, 0) is 31.0 Å². The number of carbonyl (C=O) groups excluding carboxylic acids is 1. The lowest BCUT2D eigenvalue weighted by Gasteiger charge is -2.21. The van der Waals surface area contributed by atoms with Gasteiger partial charge in [-0.15, -0.1) is 0 Å². The fourth-order valence-electron chi connectivity index (χ4n) is 4.57. The van der Waals surface area contributed by atoms with Crippen LogP contribution in [0.25, 0.3) is 0 Å². The zero-order valence-electron chi connectivity index (χ0n) is 20.0. The van der Waals surface area contributed by atoms with Gasteiger partial charge in [0.1, 0.15) is 0 Å². The lowest BCUT2D eigenvalue weighted by Crippen LogP contribution is -2.39. The van der Waals surface area contributed by atoms with E-state index < -0.39 is 0 Å². The van der Waals surface area contributed by atoms with Gasteiger partial charge in [0.15, 0.2) is 5.11 Å². The minimum absolute atomic E-state index is 0.0824. The van der Waals surface area contributed by atoms with E-state index in [1.165, 1.54) is 116 Å². The first-order chi connectivity index (χ1) is 14.7. The molecule has 0 unspecified atom stereocenters. The fourth-order valence-corrected chi connectivity index (χ4v) is 4.78. The minimum atomic E-state index is 0.0824. The summed E-state index contributed by atoms with van der Waals surface area (Å²) in [5, 5.41) is 6.56. The van der Waals surface area contributed by atoms with Crippen LogP contribution in [0.1, 0.15) is 142 Å². The standard InChI is InChI=1S/C26H50N2OS/c1-2-3-4-5-6-7-8-9-10-11-12-13-14-18-23-27-26(30)28-25(29)22-21-24-19-16-15-17-20-24/h24H,2-23H2,1H3,(H2,27,28,29,30). The third-order valence-corrected chi connectivity index (χ3v) is 6.82. The zero-order valence-corrected chi connectivity index (χ0v) is 20.8. The number of hydrogen-bond donors (Lipinski definition) is 2. The van der Waals surface area contributed by atoms with Crippen molar-refractivity contribution in [2.24, 2.45) is 5.92 Å². The van der Waals surface area contributed by atoms with Gasteiger partial charge in [0.25, 0.3) is 0 Å². The van der Waals surface area contributed by atoms with Crippen LogP contribution in [0.4, 0.5) is 0 Å². The molecule has 0 bridgehead atoms. The van der Waals surface area contributed by atoms with E-state index in [1.807, 2.05) is 0 Å². The molecule has 1 aliphatic carbocycles. The van der Waals surface area contributed by atoms with Crippen LogP contribution < -0.4 is 10.6 Å². The van der Waals surface area contributed by atoms with Gasteiger partial charge in [0, 0.05) is 13.0 Å². The number of hydrogen-bond acceptors (Lipinski definition) is 2. The molecule has 2 N–H and O–H groups in total. The predicted octanol–water partition coefficient (Wildman–Crippen LogP) is 7.82. The lowest BCUT2D eigenvalue weighted by atomic mass is 9.86. The quantitative estimate of drug-likeness (QED) is 0.169. The molecule has 0 aromatic carbocycles. The van der Waals surface area contributed by atoms with E-state index in [9.17, 15) is 4.79 Å². The van der Waals surface area contributed by atoms with Crippen LogP contribution in [0.3, 0.4) is 0 Å². The summed E-state index contributed by atoms with van der Waals surface area (Å²) in [6.07, 6.45) is 27.5. The van der Waals surface area contributed by atoms with Crippen molar-refractivity contribution in [3.8, 4) is 0 Å². The first kappa shape index (κ1) is 27.4. The molecule has 30 heavy (non-hydrogen) atoms. The molecule has 1 amide bonds. The summed E-state index contributed by atoms with van der Waals surface area (Å²) in [5.74, 6) is 0.834. The number of unbranched alkanes of at least 4 members (excludes halogenated alkanes) is 13. The first-order valence-corrected chi connectivity index (χ1v) is 13.7. The van der Waals surface area contributed by atoms with Crippen molar-refractivity contribution < 1.29 is 4.79 Å². The molecular formula is C26H50N2OS. The number of thiocarbonyl (C=S) groups is 1. The Bertz CT molecular complexity index is 421. The lowest BCUT2D eigenvalue weighted by molar-refractivity contribution is -0.120. The maximum atomic E-state index is 12.0. The molecule has 1 saturated carbocycles. The predicted molar refractivity (Wildman–Crippen MR) is 135 cm³/mol. The highest BCUT2D eigenvalue weighted by Gasteiger charge is 2.15. The van der Waals surface area contributed by atoms with Crippen LogP contribution in [0.2, 0.25) is 0 Å². The van der Waals surface area contributed by atoms with Gasteiger partial charge < -0.3 is 10.6 Å². The van der Waals surface area contributed by atoms with Crippen LogP contribution >= 0.6 is 12.2 Å². The molecule has 3 nitrogen and oxygen atoms in total. The van der Waals surface area contributed by atoms with Crippen molar-refractivity contribution in [3.05, 3.63) is 0 Å². The highest BCUT2D eigenvalue weighted by atomic mass is 32.1. The summed E-state index contributed by atoms with van der Waals surface area (Å²) >= 11 is 5.26. The molecular weight excluding hydrogens is 388 g/mol. The van der Waals surface area contributed by atoms with Crippen molar-refractivity contribution >= 4 is 23.2 Å². The second-order valence-corrected chi connectivity index (χ2v) is 9.85. The molecule has 0 spiro atoms. The molecule has 0 aromatic rings.